The number of benzene rings is 2. The first kappa shape index (κ1) is 16.1. The number of nitriles is 1. The molecule has 5 heteroatoms. The molecule has 0 atom stereocenters. The zero-order chi connectivity index (χ0) is 16.8. The van der Waals surface area contributed by atoms with Crippen LogP contribution in [0.5, 0.6) is 11.5 Å². The van der Waals surface area contributed by atoms with Crippen LogP contribution in [0.4, 0.5) is 5.69 Å². The van der Waals surface area contributed by atoms with Crippen LogP contribution < -0.4 is 10.1 Å². The lowest BCUT2D eigenvalue weighted by atomic mass is 10.1. The maximum Gasteiger partial charge on any atom is 0.266 e. The van der Waals surface area contributed by atoms with E-state index >= 15 is 0 Å². The number of ether oxygens (including phenoxy) is 1. The maximum absolute atomic E-state index is 12.2. The van der Waals surface area contributed by atoms with Crippen molar-refractivity contribution in [3.8, 4) is 17.6 Å². The van der Waals surface area contributed by atoms with Crippen molar-refractivity contribution in [2.45, 2.75) is 6.92 Å². The normalized spacial score (nSPS) is 10.7. The van der Waals surface area contributed by atoms with Gasteiger partial charge in [0.15, 0.2) is 11.5 Å². The van der Waals surface area contributed by atoms with E-state index in [-0.39, 0.29) is 17.1 Å². The van der Waals surface area contributed by atoms with Gasteiger partial charge in [0, 0.05) is 5.69 Å². The van der Waals surface area contributed by atoms with Crippen molar-refractivity contribution in [2.24, 2.45) is 0 Å². The highest BCUT2D eigenvalue weighted by Crippen LogP contribution is 2.27. The average molecular weight is 308 g/mol. The molecule has 116 valence electrons. The molecule has 0 aliphatic rings. The number of phenolic OH excluding ortho intramolecular Hbond substituents is 1. The minimum atomic E-state index is -0.492. The molecule has 5 nitrogen and oxygen atoms in total. The molecule has 1 amide bonds. The number of anilines is 1. The molecule has 0 bridgehead atoms. The highest BCUT2D eigenvalue weighted by atomic mass is 16.5. The van der Waals surface area contributed by atoms with Gasteiger partial charge in [0.05, 0.1) is 7.11 Å². The molecule has 0 aromatic heterocycles. The Labute approximate surface area is 134 Å². The Kier molecular flexibility index (Phi) is 5.00. The van der Waals surface area contributed by atoms with Crippen molar-refractivity contribution in [3.63, 3.8) is 0 Å². The summed E-state index contributed by atoms with van der Waals surface area (Å²) in [6.45, 7) is 1.87. The van der Waals surface area contributed by atoms with Gasteiger partial charge in [-0.05, 0) is 42.3 Å². The Morgan fingerprint density at radius 3 is 2.70 bits per heavy atom. The molecule has 2 N–H and O–H groups in total. The summed E-state index contributed by atoms with van der Waals surface area (Å²) in [6, 6.07) is 13.8. The van der Waals surface area contributed by atoms with Crippen LogP contribution in [0.15, 0.2) is 48.0 Å². The van der Waals surface area contributed by atoms with Gasteiger partial charge >= 0.3 is 0 Å². The Morgan fingerprint density at radius 1 is 1.30 bits per heavy atom. The number of para-hydroxylation sites is 1. The van der Waals surface area contributed by atoms with Gasteiger partial charge in [-0.25, -0.2) is 0 Å². The Morgan fingerprint density at radius 2 is 2.04 bits per heavy atom. The van der Waals surface area contributed by atoms with Gasteiger partial charge in [0.2, 0.25) is 0 Å². The molecular formula is C18H16N2O3. The topological polar surface area (TPSA) is 82.3 Å². The number of carbonyl (C=O) groups is 1. The third kappa shape index (κ3) is 3.89. The molecule has 0 fully saturated rings. The first-order valence-corrected chi connectivity index (χ1v) is 6.91. The third-order valence-electron chi connectivity index (χ3n) is 3.27. The van der Waals surface area contributed by atoms with Crippen molar-refractivity contribution in [1.82, 2.24) is 0 Å². The first-order chi connectivity index (χ1) is 11.0. The fourth-order valence-electron chi connectivity index (χ4n) is 2.00. The molecule has 2 aromatic carbocycles. The number of hydrogen-bond acceptors (Lipinski definition) is 4. The molecule has 0 aliphatic carbocycles. The van der Waals surface area contributed by atoms with Gasteiger partial charge < -0.3 is 15.2 Å². The molecule has 0 radical (unpaired) electrons. The van der Waals surface area contributed by atoms with E-state index in [1.165, 1.54) is 19.3 Å². The van der Waals surface area contributed by atoms with Gasteiger partial charge in [-0.15, -0.1) is 0 Å². The monoisotopic (exact) mass is 308 g/mol. The standard InChI is InChI=1S/C18H16N2O3/c1-12-5-3-4-6-15(12)20-18(22)14(11-19)9-13-7-8-16(21)17(10-13)23-2/h3-10,21H,1-2H3,(H,20,22)/b14-9+. The van der Waals surface area contributed by atoms with Crippen LogP contribution >= 0.6 is 0 Å². The number of nitrogens with one attached hydrogen (secondary N) is 1. The average Bonchev–Trinajstić information content (AvgIpc) is 2.56. The van der Waals surface area contributed by atoms with Gasteiger partial charge in [-0.1, -0.05) is 24.3 Å². The largest absolute Gasteiger partial charge is 0.504 e. The van der Waals surface area contributed by atoms with Gasteiger partial charge in [0.25, 0.3) is 5.91 Å². The lowest BCUT2D eigenvalue weighted by Gasteiger charge is -2.08. The van der Waals surface area contributed by atoms with Crippen LogP contribution in [-0.4, -0.2) is 18.1 Å². The van der Waals surface area contributed by atoms with E-state index < -0.39 is 5.91 Å². The fraction of sp³-hybridized carbons (Fsp3) is 0.111. The predicted octanol–water partition coefficient (Wildman–Crippen LogP) is 3.25. The zero-order valence-electron chi connectivity index (χ0n) is 12.8. The summed E-state index contributed by atoms with van der Waals surface area (Å²) in [5.74, 6) is -0.225. The lowest BCUT2D eigenvalue weighted by molar-refractivity contribution is -0.112. The predicted molar refractivity (Wildman–Crippen MR) is 88.1 cm³/mol. The van der Waals surface area contributed by atoms with Gasteiger partial charge in [-0.2, -0.15) is 5.26 Å². The third-order valence-corrected chi connectivity index (χ3v) is 3.27. The van der Waals surface area contributed by atoms with E-state index in [1.807, 2.05) is 31.2 Å². The number of phenols is 1. The van der Waals surface area contributed by atoms with Crippen molar-refractivity contribution < 1.29 is 14.6 Å². The minimum Gasteiger partial charge on any atom is -0.504 e. The number of methoxy groups -OCH3 is 1. The summed E-state index contributed by atoms with van der Waals surface area (Å²) in [6.07, 6.45) is 1.44. The SMILES string of the molecule is COc1cc(/C=C(\C#N)C(=O)Nc2ccccc2C)ccc1O. The Balaban J connectivity index is 2.27. The quantitative estimate of drug-likeness (QED) is 0.671. The summed E-state index contributed by atoms with van der Waals surface area (Å²) >= 11 is 0. The zero-order valence-corrected chi connectivity index (χ0v) is 12.8. The fourth-order valence-corrected chi connectivity index (χ4v) is 2.00. The molecule has 0 unspecified atom stereocenters. The van der Waals surface area contributed by atoms with Crippen LogP contribution in [0.25, 0.3) is 6.08 Å². The van der Waals surface area contributed by atoms with Gasteiger partial charge in [-0.3, -0.25) is 4.79 Å². The van der Waals surface area contributed by atoms with Crippen LogP contribution in [-0.2, 0) is 4.79 Å². The van der Waals surface area contributed by atoms with E-state index in [9.17, 15) is 15.2 Å². The molecule has 0 saturated heterocycles. The van der Waals surface area contributed by atoms with Crippen LogP contribution in [0.3, 0.4) is 0 Å². The smallest absolute Gasteiger partial charge is 0.266 e. The summed E-state index contributed by atoms with van der Waals surface area (Å²) in [7, 11) is 1.43. The van der Waals surface area contributed by atoms with E-state index in [4.69, 9.17) is 4.74 Å². The molecule has 0 spiro atoms. The summed E-state index contributed by atoms with van der Waals surface area (Å²) in [5, 5.41) is 21.5. The van der Waals surface area contributed by atoms with Crippen LogP contribution in [0, 0.1) is 18.3 Å². The number of aromatic hydroxyl groups is 1. The molecule has 0 aliphatic heterocycles. The minimum absolute atomic E-state index is 0.00693. The van der Waals surface area contributed by atoms with E-state index in [2.05, 4.69) is 5.32 Å². The summed E-state index contributed by atoms with van der Waals surface area (Å²) < 4.78 is 5.01. The molecule has 2 rings (SSSR count). The van der Waals surface area contributed by atoms with Gasteiger partial charge in [0.1, 0.15) is 11.6 Å². The maximum atomic E-state index is 12.2. The van der Waals surface area contributed by atoms with E-state index in [0.717, 1.165) is 5.56 Å². The van der Waals surface area contributed by atoms with Crippen molar-refractivity contribution in [3.05, 3.63) is 59.2 Å². The second-order valence-electron chi connectivity index (χ2n) is 4.87. The number of amides is 1. The molecular weight excluding hydrogens is 292 g/mol. The second-order valence-corrected chi connectivity index (χ2v) is 4.87. The summed E-state index contributed by atoms with van der Waals surface area (Å²) in [4.78, 5) is 12.2. The number of carbonyl (C=O) groups excluding carboxylic acids is 1. The Bertz CT molecular complexity index is 804. The van der Waals surface area contributed by atoms with Crippen LogP contribution in [0.1, 0.15) is 11.1 Å². The molecule has 0 saturated carbocycles. The number of hydrogen-bond donors (Lipinski definition) is 2. The number of rotatable bonds is 4. The Hall–Kier alpha value is -3.26. The van der Waals surface area contributed by atoms with E-state index in [0.29, 0.717) is 11.3 Å². The van der Waals surface area contributed by atoms with Crippen LogP contribution in [0.2, 0.25) is 0 Å². The molecule has 2 aromatic rings. The molecule has 23 heavy (non-hydrogen) atoms. The first-order valence-electron chi connectivity index (χ1n) is 6.91. The van der Waals surface area contributed by atoms with Crippen molar-refractivity contribution >= 4 is 17.7 Å². The number of nitrogens with zero attached hydrogens (tertiary/aromatic N) is 1. The summed E-state index contributed by atoms with van der Waals surface area (Å²) in [5.41, 5.74) is 2.10. The van der Waals surface area contributed by atoms with Crippen molar-refractivity contribution in [1.29, 1.82) is 5.26 Å². The van der Waals surface area contributed by atoms with E-state index in [1.54, 1.807) is 18.2 Å². The highest BCUT2D eigenvalue weighted by molar-refractivity contribution is 6.10. The lowest BCUT2D eigenvalue weighted by Crippen LogP contribution is -2.14. The van der Waals surface area contributed by atoms with Crippen molar-refractivity contribution in [2.75, 3.05) is 12.4 Å². The molecule has 0 heterocycles. The number of aryl methyl sites for hydroxylation is 1. The second kappa shape index (κ2) is 7.14. The highest BCUT2D eigenvalue weighted by Gasteiger charge is 2.11.